The van der Waals surface area contributed by atoms with Gasteiger partial charge in [0.05, 0.1) is 4.90 Å². The maximum absolute atomic E-state index is 12.8. The smallest absolute Gasteiger partial charge is 0.267 e. The number of hydrogen-bond acceptors (Lipinski definition) is 4. The molecule has 0 aromatic heterocycles. The lowest BCUT2D eigenvalue weighted by molar-refractivity contribution is -0.131. The topological polar surface area (TPSA) is 83.6 Å². The van der Waals surface area contributed by atoms with Gasteiger partial charge in [-0.15, -0.1) is 0 Å². The highest BCUT2D eigenvalue weighted by Gasteiger charge is 2.44. The summed E-state index contributed by atoms with van der Waals surface area (Å²) in [5, 5.41) is 2.75. The third-order valence-corrected chi connectivity index (χ3v) is 5.38. The van der Waals surface area contributed by atoms with Gasteiger partial charge in [0.25, 0.3) is 10.0 Å². The summed E-state index contributed by atoms with van der Waals surface area (Å²) in [5.74, 6) is -0.987. The van der Waals surface area contributed by atoms with Crippen LogP contribution >= 0.6 is 0 Å². The van der Waals surface area contributed by atoms with Crippen LogP contribution in [0.1, 0.15) is 39.2 Å². The maximum Gasteiger partial charge on any atom is 0.267 e. The van der Waals surface area contributed by atoms with Gasteiger partial charge >= 0.3 is 0 Å². The van der Waals surface area contributed by atoms with E-state index in [9.17, 15) is 18.0 Å². The highest BCUT2D eigenvalue weighted by atomic mass is 32.2. The molecule has 0 unspecified atom stereocenters. The van der Waals surface area contributed by atoms with E-state index in [0.29, 0.717) is 0 Å². The summed E-state index contributed by atoms with van der Waals surface area (Å²) in [6.07, 6.45) is 0.249. The zero-order valence-corrected chi connectivity index (χ0v) is 14.6. The second-order valence-electron chi connectivity index (χ2n) is 6.80. The predicted octanol–water partition coefficient (Wildman–Crippen LogP) is 1.59. The van der Waals surface area contributed by atoms with Crippen LogP contribution in [0.5, 0.6) is 0 Å². The Morgan fingerprint density at radius 2 is 1.78 bits per heavy atom. The molecule has 2 amide bonds. The second-order valence-corrected chi connectivity index (χ2v) is 8.62. The first kappa shape index (κ1) is 17.5. The molecule has 1 saturated heterocycles. The van der Waals surface area contributed by atoms with E-state index in [0.717, 1.165) is 9.87 Å². The summed E-state index contributed by atoms with van der Waals surface area (Å²) in [6, 6.07) is 5.24. The van der Waals surface area contributed by atoms with Crippen LogP contribution in [0.3, 0.4) is 0 Å². The SMILES string of the molecule is Cc1ccc(S(=O)(=O)N2C(=O)CC[C@@H]2C(=O)NC(C)(C)C)cc1. The molecule has 0 radical (unpaired) electrons. The molecule has 0 bridgehead atoms. The van der Waals surface area contributed by atoms with E-state index in [1.54, 1.807) is 32.9 Å². The molecule has 1 heterocycles. The fourth-order valence-corrected chi connectivity index (χ4v) is 4.08. The molecule has 126 valence electrons. The number of rotatable bonds is 3. The molecule has 23 heavy (non-hydrogen) atoms. The summed E-state index contributed by atoms with van der Waals surface area (Å²) in [4.78, 5) is 24.5. The van der Waals surface area contributed by atoms with Gasteiger partial charge < -0.3 is 5.32 Å². The summed E-state index contributed by atoms with van der Waals surface area (Å²) in [6.45, 7) is 7.26. The zero-order valence-electron chi connectivity index (χ0n) is 13.8. The maximum atomic E-state index is 12.8. The van der Waals surface area contributed by atoms with Gasteiger partial charge in [0, 0.05) is 12.0 Å². The minimum absolute atomic E-state index is 0.0203. The number of aryl methyl sites for hydroxylation is 1. The Morgan fingerprint density at radius 3 is 2.30 bits per heavy atom. The molecular formula is C16H22N2O4S. The minimum atomic E-state index is -4.03. The van der Waals surface area contributed by atoms with E-state index in [-0.39, 0.29) is 17.7 Å². The van der Waals surface area contributed by atoms with Gasteiger partial charge in [-0.2, -0.15) is 0 Å². The lowest BCUT2D eigenvalue weighted by atomic mass is 10.1. The number of sulfonamides is 1. The standard InChI is InChI=1S/C16H22N2O4S/c1-11-5-7-12(8-6-11)23(21,22)18-13(9-10-14(18)19)15(20)17-16(2,3)4/h5-8,13H,9-10H2,1-4H3,(H,17,20)/t13-/m1/s1. The van der Waals surface area contributed by atoms with Crippen LogP contribution in [0.25, 0.3) is 0 Å². The molecule has 1 aromatic carbocycles. The van der Waals surface area contributed by atoms with E-state index in [2.05, 4.69) is 5.32 Å². The van der Waals surface area contributed by atoms with Crippen molar-refractivity contribution in [2.75, 3.05) is 0 Å². The van der Waals surface area contributed by atoms with Crippen molar-refractivity contribution in [2.24, 2.45) is 0 Å². The molecule has 0 aliphatic carbocycles. The average molecular weight is 338 g/mol. The molecule has 1 N–H and O–H groups in total. The number of hydrogen-bond donors (Lipinski definition) is 1. The van der Waals surface area contributed by atoms with Crippen molar-refractivity contribution in [1.82, 2.24) is 9.62 Å². The first-order chi connectivity index (χ1) is 10.5. The largest absolute Gasteiger partial charge is 0.350 e. The van der Waals surface area contributed by atoms with Crippen molar-refractivity contribution in [2.45, 2.75) is 57.0 Å². The molecule has 2 rings (SSSR count). The molecule has 0 saturated carbocycles. The number of amides is 2. The molecule has 1 aliphatic heterocycles. The first-order valence-corrected chi connectivity index (χ1v) is 8.92. The number of nitrogens with zero attached hydrogens (tertiary/aromatic N) is 1. The van der Waals surface area contributed by atoms with Crippen molar-refractivity contribution in [3.63, 3.8) is 0 Å². The lowest BCUT2D eigenvalue weighted by Gasteiger charge is -2.27. The van der Waals surface area contributed by atoms with Gasteiger partial charge in [0.2, 0.25) is 11.8 Å². The molecule has 1 fully saturated rings. The molecular weight excluding hydrogens is 316 g/mol. The Balaban J connectivity index is 2.36. The van der Waals surface area contributed by atoms with Crippen LogP contribution < -0.4 is 5.32 Å². The highest BCUT2D eigenvalue weighted by Crippen LogP contribution is 2.28. The molecule has 0 spiro atoms. The average Bonchev–Trinajstić information content (AvgIpc) is 2.80. The summed E-state index contributed by atoms with van der Waals surface area (Å²) >= 11 is 0. The molecule has 6 nitrogen and oxygen atoms in total. The number of nitrogens with one attached hydrogen (secondary N) is 1. The van der Waals surface area contributed by atoms with Crippen LogP contribution in [0.15, 0.2) is 29.2 Å². The van der Waals surface area contributed by atoms with Crippen molar-refractivity contribution >= 4 is 21.8 Å². The zero-order chi connectivity index (χ0) is 17.4. The fraction of sp³-hybridized carbons (Fsp3) is 0.500. The van der Waals surface area contributed by atoms with Crippen molar-refractivity contribution in [3.8, 4) is 0 Å². The van der Waals surface area contributed by atoms with Crippen molar-refractivity contribution < 1.29 is 18.0 Å². The normalized spacial score (nSPS) is 19.0. The van der Waals surface area contributed by atoms with Crippen LogP contribution in [-0.4, -0.2) is 36.1 Å². The van der Waals surface area contributed by atoms with Crippen molar-refractivity contribution in [1.29, 1.82) is 0 Å². The predicted molar refractivity (Wildman–Crippen MR) is 86.1 cm³/mol. The van der Waals surface area contributed by atoms with E-state index in [1.807, 2.05) is 6.92 Å². The van der Waals surface area contributed by atoms with Gasteiger partial charge in [0.1, 0.15) is 6.04 Å². The Hall–Kier alpha value is -1.89. The summed E-state index contributed by atoms with van der Waals surface area (Å²) in [7, 11) is -4.03. The van der Waals surface area contributed by atoms with E-state index >= 15 is 0 Å². The summed E-state index contributed by atoms with van der Waals surface area (Å²) in [5.41, 5.74) is 0.417. The highest BCUT2D eigenvalue weighted by molar-refractivity contribution is 7.89. The third-order valence-electron chi connectivity index (χ3n) is 3.54. The molecule has 1 aliphatic rings. The Bertz CT molecular complexity index is 717. The van der Waals surface area contributed by atoms with E-state index in [1.165, 1.54) is 12.1 Å². The van der Waals surface area contributed by atoms with Crippen molar-refractivity contribution in [3.05, 3.63) is 29.8 Å². The van der Waals surface area contributed by atoms with Gasteiger partial charge in [-0.3, -0.25) is 9.59 Å². The van der Waals surface area contributed by atoms with Gasteiger partial charge in [-0.25, -0.2) is 12.7 Å². The third kappa shape index (κ3) is 3.72. The van der Waals surface area contributed by atoms with Crippen LogP contribution in [-0.2, 0) is 19.6 Å². The molecule has 1 atom stereocenters. The van der Waals surface area contributed by atoms with Crippen LogP contribution in [0.2, 0.25) is 0 Å². The van der Waals surface area contributed by atoms with E-state index in [4.69, 9.17) is 0 Å². The first-order valence-electron chi connectivity index (χ1n) is 7.48. The van der Waals surface area contributed by atoms with Gasteiger partial charge in [0.15, 0.2) is 0 Å². The Kier molecular flexibility index (Phi) is 4.52. The molecule has 1 aromatic rings. The number of benzene rings is 1. The van der Waals surface area contributed by atoms with Gasteiger partial charge in [-0.1, -0.05) is 17.7 Å². The van der Waals surface area contributed by atoms with Crippen LogP contribution in [0, 0.1) is 6.92 Å². The molecule has 7 heteroatoms. The Morgan fingerprint density at radius 1 is 1.22 bits per heavy atom. The monoisotopic (exact) mass is 338 g/mol. The fourth-order valence-electron chi connectivity index (χ4n) is 2.48. The number of carbonyl (C=O) groups is 2. The minimum Gasteiger partial charge on any atom is -0.350 e. The number of carbonyl (C=O) groups excluding carboxylic acids is 2. The lowest BCUT2D eigenvalue weighted by Crippen LogP contribution is -2.52. The Labute approximate surface area is 136 Å². The van der Waals surface area contributed by atoms with Gasteiger partial charge in [-0.05, 0) is 46.2 Å². The summed E-state index contributed by atoms with van der Waals surface area (Å²) < 4.78 is 26.3. The second kappa shape index (κ2) is 5.96. The van der Waals surface area contributed by atoms with Crippen LogP contribution in [0.4, 0.5) is 0 Å². The quantitative estimate of drug-likeness (QED) is 0.907. The van der Waals surface area contributed by atoms with E-state index < -0.39 is 33.4 Å².